The van der Waals surface area contributed by atoms with Crippen LogP contribution >= 0.6 is 0 Å². The highest BCUT2D eigenvalue weighted by atomic mass is 15.1. The Bertz CT molecular complexity index is 1510. The maximum absolute atomic E-state index is 2.32. The van der Waals surface area contributed by atoms with Gasteiger partial charge >= 0.3 is 0 Å². The number of benzene rings is 5. The molecule has 0 aliphatic rings. The molecule has 0 aromatic heterocycles. The first kappa shape index (κ1) is 24.1. The van der Waals surface area contributed by atoms with Crippen molar-refractivity contribution in [3.63, 3.8) is 0 Å². The topological polar surface area (TPSA) is 3.24 Å². The van der Waals surface area contributed by atoms with Crippen molar-refractivity contribution in [2.24, 2.45) is 0 Å². The molecule has 0 N–H and O–H groups in total. The summed E-state index contributed by atoms with van der Waals surface area (Å²) in [5.74, 6) is 0. The fourth-order valence-electron chi connectivity index (χ4n) is 4.56. The summed E-state index contributed by atoms with van der Waals surface area (Å²) in [6.45, 7) is 4.24. The van der Waals surface area contributed by atoms with Crippen LogP contribution in [0.25, 0.3) is 22.4 Å². The summed E-state index contributed by atoms with van der Waals surface area (Å²) in [4.78, 5) is 2.32. The Hall–Kier alpha value is -4.62. The van der Waals surface area contributed by atoms with Crippen molar-refractivity contribution in [3.8, 4) is 0 Å². The molecule has 0 aliphatic heterocycles. The molecule has 5 rings (SSSR count). The molecule has 0 saturated heterocycles. The summed E-state index contributed by atoms with van der Waals surface area (Å²) in [7, 11) is 0. The molecule has 0 unspecified atom stereocenters. The molecule has 1 nitrogen and oxygen atoms in total. The Labute approximate surface area is 220 Å². The summed E-state index contributed by atoms with van der Waals surface area (Å²) < 4.78 is 0. The van der Waals surface area contributed by atoms with E-state index in [0.717, 1.165) is 11.4 Å². The molecule has 1 heteroatoms. The van der Waals surface area contributed by atoms with Crippen LogP contribution in [0.15, 0.2) is 151 Å². The van der Waals surface area contributed by atoms with Crippen LogP contribution in [0.1, 0.15) is 30.5 Å². The molecule has 0 fully saturated rings. The zero-order valence-corrected chi connectivity index (χ0v) is 21.4. The molecule has 180 valence electrons. The second kappa shape index (κ2) is 11.4. The van der Waals surface area contributed by atoms with Gasteiger partial charge in [-0.2, -0.15) is 0 Å². The summed E-state index contributed by atoms with van der Waals surface area (Å²) in [6, 6.07) is 45.0. The molecule has 0 amide bonds. The zero-order chi connectivity index (χ0) is 25.5. The van der Waals surface area contributed by atoms with E-state index in [1.807, 2.05) is 0 Å². The lowest BCUT2D eigenvalue weighted by Gasteiger charge is -2.25. The molecule has 0 aliphatic carbocycles. The molecule has 0 bridgehead atoms. The van der Waals surface area contributed by atoms with Crippen LogP contribution in [0.2, 0.25) is 0 Å². The maximum atomic E-state index is 2.32. The van der Waals surface area contributed by atoms with Crippen molar-refractivity contribution in [3.05, 3.63) is 168 Å². The van der Waals surface area contributed by atoms with Gasteiger partial charge in [0.2, 0.25) is 0 Å². The third kappa shape index (κ3) is 5.63. The number of anilines is 2. The van der Waals surface area contributed by atoms with Gasteiger partial charge in [0.05, 0.1) is 5.69 Å². The average molecular weight is 478 g/mol. The Morgan fingerprint density at radius 1 is 0.568 bits per heavy atom. The number of para-hydroxylation sites is 1. The van der Waals surface area contributed by atoms with Crippen LogP contribution in [0, 0.1) is 0 Å². The van der Waals surface area contributed by atoms with Gasteiger partial charge in [0, 0.05) is 22.8 Å². The van der Waals surface area contributed by atoms with Gasteiger partial charge in [-0.05, 0) is 54.1 Å². The minimum absolute atomic E-state index is 1.12. The minimum atomic E-state index is 1.12. The molecule has 37 heavy (non-hydrogen) atoms. The molecule has 0 spiro atoms. The van der Waals surface area contributed by atoms with Crippen molar-refractivity contribution in [2.45, 2.75) is 13.8 Å². The predicted octanol–water partition coefficient (Wildman–Crippen LogP) is 10.0. The Morgan fingerprint density at radius 3 is 1.70 bits per heavy atom. The summed E-state index contributed by atoms with van der Waals surface area (Å²) >= 11 is 0. The molecule has 0 radical (unpaired) electrons. The highest BCUT2D eigenvalue weighted by Gasteiger charge is 2.15. The molecule has 0 heterocycles. The number of nitrogens with zero attached hydrogens (tertiary/aromatic N) is 1. The lowest BCUT2D eigenvalue weighted by atomic mass is 9.97. The third-order valence-corrected chi connectivity index (χ3v) is 6.36. The monoisotopic (exact) mass is 477 g/mol. The van der Waals surface area contributed by atoms with Gasteiger partial charge in [0.15, 0.2) is 0 Å². The van der Waals surface area contributed by atoms with Gasteiger partial charge < -0.3 is 4.90 Å². The number of fused-ring (bicyclic) bond motifs is 1. The van der Waals surface area contributed by atoms with Gasteiger partial charge in [-0.15, -0.1) is 0 Å². The number of hydrogen-bond acceptors (Lipinski definition) is 1. The number of rotatable bonds is 7. The molecule has 5 aromatic carbocycles. The van der Waals surface area contributed by atoms with E-state index >= 15 is 0 Å². The molecular formula is C36H31N. The maximum Gasteiger partial charge on any atom is 0.0534 e. The lowest BCUT2D eigenvalue weighted by molar-refractivity contribution is 1.29. The standard InChI is InChI=1S/C36H31N/c1-28(2)15-14-20-31-25-26-36(34-24-13-12-23-33(31)34)37(32-21-10-5-11-22-32)27-35(29-16-6-3-7-17-29)30-18-8-4-9-19-30/h3-27H,1-2H3. The van der Waals surface area contributed by atoms with Gasteiger partial charge in [0.25, 0.3) is 0 Å². The third-order valence-electron chi connectivity index (χ3n) is 6.36. The first-order valence-corrected chi connectivity index (χ1v) is 12.7. The fraction of sp³-hybridized carbons (Fsp3) is 0.0556. The second-order valence-electron chi connectivity index (χ2n) is 9.30. The van der Waals surface area contributed by atoms with E-state index in [2.05, 4.69) is 171 Å². The van der Waals surface area contributed by atoms with E-state index in [1.165, 1.54) is 38.6 Å². The highest BCUT2D eigenvalue weighted by molar-refractivity contribution is 6.02. The minimum Gasteiger partial charge on any atom is -0.316 e. The molecule has 0 atom stereocenters. The quantitative estimate of drug-likeness (QED) is 0.211. The van der Waals surface area contributed by atoms with E-state index in [4.69, 9.17) is 0 Å². The van der Waals surface area contributed by atoms with Crippen molar-refractivity contribution in [2.75, 3.05) is 4.90 Å². The normalized spacial score (nSPS) is 10.9. The molecular weight excluding hydrogens is 446 g/mol. The summed E-state index contributed by atoms with van der Waals surface area (Å²) in [5.41, 5.74) is 8.28. The van der Waals surface area contributed by atoms with E-state index in [-0.39, 0.29) is 0 Å². The van der Waals surface area contributed by atoms with Crippen molar-refractivity contribution in [1.82, 2.24) is 0 Å². The van der Waals surface area contributed by atoms with E-state index in [0.29, 0.717) is 0 Å². The Morgan fingerprint density at radius 2 is 1.11 bits per heavy atom. The second-order valence-corrected chi connectivity index (χ2v) is 9.30. The molecule has 0 saturated carbocycles. The highest BCUT2D eigenvalue weighted by Crippen LogP contribution is 2.37. The number of hydrogen-bond donors (Lipinski definition) is 0. The van der Waals surface area contributed by atoms with Gasteiger partial charge in [0.1, 0.15) is 0 Å². The first-order chi connectivity index (χ1) is 18.2. The fourth-order valence-corrected chi connectivity index (χ4v) is 4.56. The Balaban J connectivity index is 1.74. The van der Waals surface area contributed by atoms with E-state index in [1.54, 1.807) is 0 Å². The van der Waals surface area contributed by atoms with Crippen LogP contribution in [0.3, 0.4) is 0 Å². The van der Waals surface area contributed by atoms with E-state index in [9.17, 15) is 0 Å². The van der Waals surface area contributed by atoms with Gasteiger partial charge in [-0.1, -0.05) is 133 Å². The SMILES string of the molecule is CC(C)=CC=Cc1ccc(N(C=C(c2ccccc2)c2ccccc2)c2ccccc2)c2ccccc12. The van der Waals surface area contributed by atoms with Crippen molar-refractivity contribution >= 4 is 33.8 Å². The van der Waals surface area contributed by atoms with Crippen molar-refractivity contribution in [1.29, 1.82) is 0 Å². The lowest BCUT2D eigenvalue weighted by Crippen LogP contribution is -2.11. The summed E-state index contributed by atoms with van der Waals surface area (Å²) in [5, 5.41) is 2.44. The number of allylic oxidation sites excluding steroid dienone is 3. The smallest absolute Gasteiger partial charge is 0.0534 e. The zero-order valence-electron chi connectivity index (χ0n) is 21.4. The Kier molecular flexibility index (Phi) is 7.43. The summed E-state index contributed by atoms with van der Waals surface area (Å²) in [6.07, 6.45) is 8.75. The average Bonchev–Trinajstić information content (AvgIpc) is 2.95. The van der Waals surface area contributed by atoms with Crippen LogP contribution in [0.4, 0.5) is 11.4 Å². The van der Waals surface area contributed by atoms with Crippen LogP contribution in [0.5, 0.6) is 0 Å². The predicted molar refractivity (Wildman–Crippen MR) is 161 cm³/mol. The van der Waals surface area contributed by atoms with E-state index < -0.39 is 0 Å². The van der Waals surface area contributed by atoms with Crippen LogP contribution in [-0.2, 0) is 0 Å². The van der Waals surface area contributed by atoms with Crippen molar-refractivity contribution < 1.29 is 0 Å². The van der Waals surface area contributed by atoms with Gasteiger partial charge in [-0.25, -0.2) is 0 Å². The van der Waals surface area contributed by atoms with Crippen LogP contribution < -0.4 is 4.90 Å². The molecule has 5 aromatic rings. The first-order valence-electron chi connectivity index (χ1n) is 12.7. The van der Waals surface area contributed by atoms with Crippen LogP contribution in [-0.4, -0.2) is 0 Å². The van der Waals surface area contributed by atoms with Gasteiger partial charge in [-0.3, -0.25) is 0 Å². The largest absolute Gasteiger partial charge is 0.316 e.